The van der Waals surface area contributed by atoms with Crippen molar-refractivity contribution in [1.29, 1.82) is 0 Å². The predicted octanol–water partition coefficient (Wildman–Crippen LogP) is 6.29. The molecule has 32 heavy (non-hydrogen) atoms. The van der Waals surface area contributed by atoms with Crippen LogP contribution in [0.1, 0.15) is 16.7 Å². The van der Waals surface area contributed by atoms with E-state index in [0.717, 1.165) is 11.3 Å². The molecule has 0 spiro atoms. The third kappa shape index (κ3) is 3.07. The maximum Gasteiger partial charge on any atom is 0.425 e. The third-order valence-corrected chi connectivity index (χ3v) is 5.85. The van der Waals surface area contributed by atoms with Crippen LogP contribution in [-0.2, 0) is 5.60 Å². The number of aliphatic hydroxyl groups is 1. The molecule has 1 N–H and O–H groups in total. The van der Waals surface area contributed by atoms with Crippen molar-refractivity contribution in [2.45, 2.75) is 18.7 Å². The summed E-state index contributed by atoms with van der Waals surface area (Å²) < 4.78 is 45.0. The molecule has 5 aromatic rings. The summed E-state index contributed by atoms with van der Waals surface area (Å²) in [4.78, 5) is 0. The summed E-state index contributed by atoms with van der Waals surface area (Å²) in [6.07, 6.45) is -3.42. The number of rotatable bonds is 3. The van der Waals surface area contributed by atoms with Crippen molar-refractivity contribution in [2.24, 2.45) is 0 Å². The number of benzene rings is 4. The Labute approximate surface area is 182 Å². The maximum atomic E-state index is 14.4. The van der Waals surface area contributed by atoms with E-state index >= 15 is 0 Å². The van der Waals surface area contributed by atoms with E-state index in [9.17, 15) is 18.3 Å². The molecular formula is C26H19F3N2O. The van der Waals surface area contributed by atoms with Gasteiger partial charge in [-0.3, -0.25) is 0 Å². The summed E-state index contributed by atoms with van der Waals surface area (Å²) in [5.74, 6) is 0. The molecule has 0 bridgehead atoms. The van der Waals surface area contributed by atoms with Crippen molar-refractivity contribution < 1.29 is 18.3 Å². The van der Waals surface area contributed by atoms with Crippen molar-refractivity contribution in [2.75, 3.05) is 0 Å². The highest BCUT2D eigenvalue weighted by Crippen LogP contribution is 2.47. The molecule has 0 saturated carbocycles. The Morgan fingerprint density at radius 2 is 1.53 bits per heavy atom. The van der Waals surface area contributed by atoms with Gasteiger partial charge < -0.3 is 5.11 Å². The molecule has 5 rings (SSSR count). The van der Waals surface area contributed by atoms with Crippen molar-refractivity contribution in [1.82, 2.24) is 9.78 Å². The summed E-state index contributed by atoms with van der Waals surface area (Å²) in [7, 11) is 0. The van der Waals surface area contributed by atoms with Gasteiger partial charge in [0.1, 0.15) is 0 Å². The van der Waals surface area contributed by atoms with Crippen LogP contribution in [0.3, 0.4) is 0 Å². The predicted molar refractivity (Wildman–Crippen MR) is 119 cm³/mol. The monoisotopic (exact) mass is 432 g/mol. The van der Waals surface area contributed by atoms with Gasteiger partial charge in [-0.2, -0.15) is 18.3 Å². The lowest BCUT2D eigenvalue weighted by Gasteiger charge is -2.32. The van der Waals surface area contributed by atoms with Crippen molar-refractivity contribution in [3.63, 3.8) is 0 Å². The summed E-state index contributed by atoms with van der Waals surface area (Å²) in [6, 6.07) is 23.3. The second-order valence-corrected chi connectivity index (χ2v) is 7.90. The smallest absolute Gasteiger partial charge is 0.372 e. The fourth-order valence-corrected chi connectivity index (χ4v) is 4.16. The summed E-state index contributed by atoms with van der Waals surface area (Å²) in [6.45, 7) is 1.97. The first-order chi connectivity index (χ1) is 15.3. The van der Waals surface area contributed by atoms with Gasteiger partial charge in [0.15, 0.2) is 0 Å². The number of nitrogens with zero attached hydrogens (tertiary/aromatic N) is 2. The van der Waals surface area contributed by atoms with Crippen LogP contribution < -0.4 is 0 Å². The van der Waals surface area contributed by atoms with Crippen LogP contribution in [0.25, 0.3) is 27.4 Å². The Kier molecular flexibility index (Phi) is 4.57. The van der Waals surface area contributed by atoms with Crippen LogP contribution >= 0.6 is 0 Å². The highest BCUT2D eigenvalue weighted by atomic mass is 19.4. The zero-order valence-electron chi connectivity index (χ0n) is 17.1. The number of aryl methyl sites for hydroxylation is 1. The first-order valence-corrected chi connectivity index (χ1v) is 10.1. The lowest BCUT2D eigenvalue weighted by Crippen LogP contribution is -2.43. The first kappa shape index (κ1) is 20.3. The molecule has 1 aromatic heterocycles. The Hall–Kier alpha value is -3.64. The molecule has 6 heteroatoms. The molecule has 0 aliphatic heterocycles. The van der Waals surface area contributed by atoms with E-state index in [1.54, 1.807) is 41.1 Å². The Balaban J connectivity index is 1.71. The quantitative estimate of drug-likeness (QED) is 0.364. The minimum absolute atomic E-state index is 0.201. The Morgan fingerprint density at radius 3 is 2.28 bits per heavy atom. The van der Waals surface area contributed by atoms with Crippen LogP contribution in [0.5, 0.6) is 0 Å². The number of hydrogen-bond donors (Lipinski definition) is 1. The van der Waals surface area contributed by atoms with Gasteiger partial charge in [0.2, 0.25) is 5.60 Å². The molecule has 3 nitrogen and oxygen atoms in total. The van der Waals surface area contributed by atoms with E-state index in [0.29, 0.717) is 21.7 Å². The second kappa shape index (κ2) is 7.21. The molecule has 0 saturated heterocycles. The fourth-order valence-electron chi connectivity index (χ4n) is 4.16. The third-order valence-electron chi connectivity index (χ3n) is 5.85. The zero-order chi connectivity index (χ0) is 22.5. The molecule has 0 amide bonds. The van der Waals surface area contributed by atoms with Crippen molar-refractivity contribution >= 4 is 21.7 Å². The molecule has 0 radical (unpaired) electrons. The highest BCUT2D eigenvalue weighted by Gasteiger charge is 2.57. The van der Waals surface area contributed by atoms with Crippen molar-refractivity contribution in [3.05, 3.63) is 108 Å². The van der Waals surface area contributed by atoms with Gasteiger partial charge in [-0.05, 0) is 47.5 Å². The highest BCUT2D eigenvalue weighted by molar-refractivity contribution is 5.88. The molecular weight excluding hydrogens is 413 g/mol. The van der Waals surface area contributed by atoms with E-state index in [-0.39, 0.29) is 11.1 Å². The lowest BCUT2D eigenvalue weighted by atomic mass is 9.82. The maximum absolute atomic E-state index is 14.4. The molecule has 4 aromatic carbocycles. The van der Waals surface area contributed by atoms with Gasteiger partial charge in [-0.25, -0.2) is 4.68 Å². The van der Waals surface area contributed by atoms with Gasteiger partial charge in [-0.15, -0.1) is 0 Å². The van der Waals surface area contributed by atoms with Gasteiger partial charge in [0.25, 0.3) is 0 Å². The van der Waals surface area contributed by atoms with Crippen LogP contribution in [0.15, 0.2) is 91.1 Å². The first-order valence-electron chi connectivity index (χ1n) is 10.1. The number of fused-ring (bicyclic) bond motifs is 2. The van der Waals surface area contributed by atoms with Gasteiger partial charge >= 0.3 is 6.18 Å². The van der Waals surface area contributed by atoms with Crippen molar-refractivity contribution in [3.8, 4) is 5.69 Å². The Bertz CT molecular complexity index is 1430. The van der Waals surface area contributed by atoms with E-state index in [4.69, 9.17) is 0 Å². The van der Waals surface area contributed by atoms with Crippen LogP contribution in [0.4, 0.5) is 13.2 Å². The largest absolute Gasteiger partial charge is 0.425 e. The normalized spacial score (nSPS) is 14.0. The molecule has 1 unspecified atom stereocenters. The van der Waals surface area contributed by atoms with Gasteiger partial charge in [0.05, 0.1) is 17.4 Å². The molecule has 1 heterocycles. The van der Waals surface area contributed by atoms with E-state index in [1.807, 2.05) is 31.2 Å². The van der Waals surface area contributed by atoms with E-state index in [2.05, 4.69) is 5.10 Å². The number of hydrogen-bond acceptors (Lipinski definition) is 2. The number of alkyl halides is 3. The van der Waals surface area contributed by atoms with Crippen LogP contribution in [0.2, 0.25) is 0 Å². The molecule has 0 fully saturated rings. The average molecular weight is 432 g/mol. The SMILES string of the molecule is Cc1ccc(-n2ncc3cc(C(O)(c4cccc5ccccc45)C(F)(F)F)ccc32)cc1. The zero-order valence-corrected chi connectivity index (χ0v) is 17.1. The molecule has 0 aliphatic rings. The minimum Gasteiger partial charge on any atom is -0.372 e. The van der Waals surface area contributed by atoms with Crippen LogP contribution in [-0.4, -0.2) is 21.1 Å². The molecule has 160 valence electrons. The lowest BCUT2D eigenvalue weighted by molar-refractivity contribution is -0.247. The van der Waals surface area contributed by atoms with Crippen LogP contribution in [0, 0.1) is 6.92 Å². The van der Waals surface area contributed by atoms with E-state index < -0.39 is 11.8 Å². The Morgan fingerprint density at radius 1 is 0.812 bits per heavy atom. The second-order valence-electron chi connectivity index (χ2n) is 7.90. The minimum atomic E-state index is -4.93. The summed E-state index contributed by atoms with van der Waals surface area (Å²) in [5, 5.41) is 17.1. The van der Waals surface area contributed by atoms with Gasteiger partial charge in [-0.1, -0.05) is 66.2 Å². The van der Waals surface area contributed by atoms with E-state index in [1.165, 1.54) is 30.5 Å². The standard InChI is InChI=1S/C26H19F3N2O/c1-17-9-12-21(13-10-17)31-24-14-11-20(15-19(24)16-30-31)25(32,26(27,28)29)23-8-4-6-18-5-2-3-7-22(18)23/h2-16,32H,1H3. The fraction of sp³-hybridized carbons (Fsp3) is 0.115. The number of aromatic nitrogens is 2. The molecule has 1 atom stereocenters. The topological polar surface area (TPSA) is 38.0 Å². The average Bonchev–Trinajstić information content (AvgIpc) is 3.21. The molecule has 0 aliphatic carbocycles. The summed E-state index contributed by atoms with van der Waals surface area (Å²) >= 11 is 0. The number of halogens is 3. The summed E-state index contributed by atoms with van der Waals surface area (Å²) in [5.41, 5.74) is -1.07. The van der Waals surface area contributed by atoms with Gasteiger partial charge in [0, 0.05) is 10.9 Å².